The molecular weight excluding hydrogens is 482 g/mol. The number of phenolic OH excluding ortho intramolecular Hbond substituents is 1. The molecule has 38 heavy (non-hydrogen) atoms. The van der Waals surface area contributed by atoms with E-state index >= 15 is 0 Å². The largest absolute Gasteiger partial charge is 0.507 e. The molecule has 6 rings (SSSR count). The van der Waals surface area contributed by atoms with Gasteiger partial charge in [-0.2, -0.15) is 0 Å². The lowest BCUT2D eigenvalue weighted by Gasteiger charge is -2.44. The zero-order chi connectivity index (χ0) is 26.6. The zero-order valence-electron chi connectivity index (χ0n) is 22.1. The van der Waals surface area contributed by atoms with Crippen LogP contribution >= 0.6 is 0 Å². The maximum Gasteiger partial charge on any atom is 0.233 e. The van der Waals surface area contributed by atoms with Gasteiger partial charge in [-0.1, -0.05) is 37.5 Å². The Kier molecular flexibility index (Phi) is 6.47. The van der Waals surface area contributed by atoms with E-state index in [-0.39, 0.29) is 30.2 Å². The monoisotopic (exact) mass is 519 g/mol. The van der Waals surface area contributed by atoms with E-state index < -0.39 is 35.6 Å². The number of aliphatic hydroxyl groups is 1. The molecule has 202 valence electrons. The van der Waals surface area contributed by atoms with Crippen LogP contribution in [0.1, 0.15) is 67.7 Å². The molecule has 2 N–H and O–H groups in total. The van der Waals surface area contributed by atoms with E-state index in [0.29, 0.717) is 18.6 Å². The summed E-state index contributed by atoms with van der Waals surface area (Å²) in [4.78, 5) is 29.2. The lowest BCUT2D eigenvalue weighted by atomic mass is 9.64. The first-order chi connectivity index (χ1) is 18.3. The first-order valence-corrected chi connectivity index (χ1v) is 14.0. The van der Waals surface area contributed by atoms with Crippen molar-refractivity contribution in [1.82, 2.24) is 4.90 Å². The highest BCUT2D eigenvalue weighted by Gasteiger charge is 2.67. The Morgan fingerprint density at radius 1 is 1.00 bits per heavy atom. The van der Waals surface area contributed by atoms with Crippen LogP contribution in [-0.4, -0.2) is 45.4 Å². The quantitative estimate of drug-likeness (QED) is 0.551. The molecule has 7 heteroatoms. The highest BCUT2D eigenvalue weighted by molar-refractivity contribution is 6.05. The predicted molar refractivity (Wildman–Crippen MR) is 140 cm³/mol. The minimum atomic E-state index is -1.60. The molecule has 6 atom stereocenters. The van der Waals surface area contributed by atoms with Gasteiger partial charge in [0, 0.05) is 17.9 Å². The number of aromatic hydroxyl groups is 1. The second kappa shape index (κ2) is 9.69. The standard InChI is InChI=1S/C31H37NO6/c1-18-13-20(14-19(2)28(18)33)26-16-25-27-24(29(34)32(30(27)35)22-9-5-3-6-10-22)15-21(31(25,36)38-26)17-37-23-11-7-4-8-12-23/h4,7-8,11-14,21-22,24-27,33,36H,3,5-6,9-10,15-17H2,1-2H3/t21-,24+,25+,26+,27+,31-/m1/s1. The van der Waals surface area contributed by atoms with Crippen molar-refractivity contribution < 1.29 is 29.3 Å². The summed E-state index contributed by atoms with van der Waals surface area (Å²) in [5, 5.41) is 22.5. The first-order valence-electron chi connectivity index (χ1n) is 14.0. The average molecular weight is 520 g/mol. The van der Waals surface area contributed by atoms with E-state index in [9.17, 15) is 19.8 Å². The Balaban J connectivity index is 1.34. The molecule has 7 nitrogen and oxygen atoms in total. The maximum absolute atomic E-state index is 13.9. The number of para-hydroxylation sites is 1. The Hall–Kier alpha value is -2.90. The molecule has 4 aliphatic rings. The van der Waals surface area contributed by atoms with Crippen LogP contribution in [-0.2, 0) is 14.3 Å². The van der Waals surface area contributed by atoms with E-state index in [1.165, 1.54) is 0 Å². The fourth-order valence-corrected chi connectivity index (χ4v) is 7.49. The molecule has 2 aromatic rings. The van der Waals surface area contributed by atoms with Crippen molar-refractivity contribution in [1.29, 1.82) is 0 Å². The molecule has 0 aromatic heterocycles. The van der Waals surface area contributed by atoms with Gasteiger partial charge in [-0.25, -0.2) is 0 Å². The van der Waals surface area contributed by atoms with Gasteiger partial charge in [-0.15, -0.1) is 0 Å². The number of hydrogen-bond donors (Lipinski definition) is 2. The topological polar surface area (TPSA) is 96.3 Å². The third-order valence-electron chi connectivity index (χ3n) is 9.42. The predicted octanol–water partition coefficient (Wildman–Crippen LogP) is 4.81. The van der Waals surface area contributed by atoms with Gasteiger partial charge in [0.05, 0.1) is 24.5 Å². The number of carbonyl (C=O) groups excluding carboxylic acids is 2. The van der Waals surface area contributed by atoms with Crippen LogP contribution < -0.4 is 4.74 Å². The number of carbonyl (C=O) groups is 2. The molecule has 2 heterocycles. The summed E-state index contributed by atoms with van der Waals surface area (Å²) < 4.78 is 12.6. The molecule has 2 aromatic carbocycles. The van der Waals surface area contributed by atoms with Crippen LogP contribution in [0.4, 0.5) is 0 Å². The number of rotatable bonds is 5. The molecule has 2 amide bonds. The number of likely N-dealkylation sites (tertiary alicyclic amines) is 1. The number of benzene rings is 2. The van der Waals surface area contributed by atoms with E-state index in [1.54, 1.807) is 4.90 Å². The minimum Gasteiger partial charge on any atom is -0.507 e. The SMILES string of the molecule is Cc1cc([C@@H]2C[C@H]3[C@H]4C(=O)N(C5CCCCC5)C(=O)[C@H]4C[C@H](COc4ccccc4)[C@@]3(O)O2)cc(C)c1O. The Bertz CT molecular complexity index is 1200. The Morgan fingerprint density at radius 2 is 1.68 bits per heavy atom. The zero-order valence-corrected chi connectivity index (χ0v) is 22.1. The second-order valence-corrected chi connectivity index (χ2v) is 11.7. The van der Waals surface area contributed by atoms with Gasteiger partial charge in [0.1, 0.15) is 11.5 Å². The molecule has 2 saturated heterocycles. The van der Waals surface area contributed by atoms with Crippen molar-refractivity contribution in [3.05, 3.63) is 59.2 Å². The normalized spacial score (nSPS) is 33.3. The Morgan fingerprint density at radius 3 is 2.37 bits per heavy atom. The highest BCUT2D eigenvalue weighted by Crippen LogP contribution is 2.59. The molecule has 2 aliphatic carbocycles. The summed E-state index contributed by atoms with van der Waals surface area (Å²) in [6.07, 6.45) is 5.24. The minimum absolute atomic E-state index is 0.0398. The lowest BCUT2D eigenvalue weighted by molar-refractivity contribution is -0.272. The summed E-state index contributed by atoms with van der Waals surface area (Å²) in [6, 6.07) is 13.2. The van der Waals surface area contributed by atoms with E-state index in [0.717, 1.165) is 48.8 Å². The summed E-state index contributed by atoms with van der Waals surface area (Å²) in [5.41, 5.74) is 2.34. The van der Waals surface area contributed by atoms with Crippen LogP contribution in [0.5, 0.6) is 11.5 Å². The summed E-state index contributed by atoms with van der Waals surface area (Å²) >= 11 is 0. The number of ether oxygens (including phenoxy) is 2. The van der Waals surface area contributed by atoms with Crippen molar-refractivity contribution in [3.63, 3.8) is 0 Å². The van der Waals surface area contributed by atoms with Gasteiger partial charge >= 0.3 is 0 Å². The number of nitrogens with zero attached hydrogens (tertiary/aromatic N) is 1. The highest BCUT2D eigenvalue weighted by atomic mass is 16.6. The van der Waals surface area contributed by atoms with Crippen molar-refractivity contribution in [2.24, 2.45) is 23.7 Å². The van der Waals surface area contributed by atoms with Crippen molar-refractivity contribution in [3.8, 4) is 11.5 Å². The van der Waals surface area contributed by atoms with Gasteiger partial charge in [-0.3, -0.25) is 14.5 Å². The number of aryl methyl sites for hydroxylation is 2. The third-order valence-corrected chi connectivity index (χ3v) is 9.42. The number of hydrogen-bond acceptors (Lipinski definition) is 6. The van der Waals surface area contributed by atoms with Crippen LogP contribution in [0.3, 0.4) is 0 Å². The van der Waals surface area contributed by atoms with Crippen LogP contribution in [0.25, 0.3) is 0 Å². The molecule has 2 aliphatic heterocycles. The number of fused-ring (bicyclic) bond motifs is 3. The molecule has 0 unspecified atom stereocenters. The summed E-state index contributed by atoms with van der Waals surface area (Å²) in [5.74, 6) is -2.94. The Labute approximate surface area is 223 Å². The molecule has 0 bridgehead atoms. The van der Waals surface area contributed by atoms with Crippen molar-refractivity contribution >= 4 is 11.8 Å². The number of phenols is 1. The maximum atomic E-state index is 13.9. The summed E-state index contributed by atoms with van der Waals surface area (Å²) in [6.45, 7) is 3.87. The van der Waals surface area contributed by atoms with Gasteiger partial charge in [0.2, 0.25) is 11.8 Å². The fraction of sp³-hybridized carbons (Fsp3) is 0.548. The molecule has 4 fully saturated rings. The average Bonchev–Trinajstić information content (AvgIpc) is 3.40. The molecule has 0 spiro atoms. The molecule has 2 saturated carbocycles. The van der Waals surface area contributed by atoms with Gasteiger partial charge in [0.25, 0.3) is 0 Å². The number of imide groups is 1. The van der Waals surface area contributed by atoms with Crippen LogP contribution in [0.2, 0.25) is 0 Å². The smallest absolute Gasteiger partial charge is 0.233 e. The lowest BCUT2D eigenvalue weighted by Crippen LogP contribution is -2.55. The fourth-order valence-electron chi connectivity index (χ4n) is 7.49. The van der Waals surface area contributed by atoms with Gasteiger partial charge < -0.3 is 19.7 Å². The van der Waals surface area contributed by atoms with E-state index in [1.807, 2.05) is 56.3 Å². The van der Waals surface area contributed by atoms with Crippen LogP contribution in [0.15, 0.2) is 42.5 Å². The first kappa shape index (κ1) is 25.4. The van der Waals surface area contributed by atoms with E-state index in [2.05, 4.69) is 0 Å². The van der Waals surface area contributed by atoms with Crippen molar-refractivity contribution in [2.45, 2.75) is 76.7 Å². The molecular formula is C31H37NO6. The van der Waals surface area contributed by atoms with Gasteiger partial charge in [-0.05, 0) is 80.5 Å². The van der Waals surface area contributed by atoms with Crippen LogP contribution in [0, 0.1) is 37.5 Å². The second-order valence-electron chi connectivity index (χ2n) is 11.7. The third kappa shape index (κ3) is 4.11. The number of amides is 2. The van der Waals surface area contributed by atoms with Gasteiger partial charge in [0.15, 0.2) is 5.79 Å². The van der Waals surface area contributed by atoms with Crippen molar-refractivity contribution in [2.75, 3.05) is 6.61 Å². The van der Waals surface area contributed by atoms with E-state index in [4.69, 9.17) is 9.47 Å². The molecule has 0 radical (unpaired) electrons. The summed E-state index contributed by atoms with van der Waals surface area (Å²) in [7, 11) is 0.